The topological polar surface area (TPSA) is 55.1 Å². The molecule has 2 rings (SSSR count). The molecule has 1 aromatic carbocycles. The van der Waals surface area contributed by atoms with Gasteiger partial charge in [-0.3, -0.25) is 4.79 Å². The van der Waals surface area contributed by atoms with Crippen molar-refractivity contribution in [3.8, 4) is 0 Å². The van der Waals surface area contributed by atoms with Gasteiger partial charge < -0.3 is 11.1 Å². The predicted octanol–water partition coefficient (Wildman–Crippen LogP) is 2.66. The maximum absolute atomic E-state index is 12.3. The standard InChI is InChI=1S/C16H24N2OS/c1-11(2)15(20-13-6-4-3-5-7-13)16(19)18-10-14(17)12-8-9-12/h3-7,11-12,14-15H,8-10,17H2,1-2H3,(H,18,19). The van der Waals surface area contributed by atoms with Gasteiger partial charge in [-0.2, -0.15) is 0 Å². The lowest BCUT2D eigenvalue weighted by Gasteiger charge is -2.21. The largest absolute Gasteiger partial charge is 0.354 e. The molecular formula is C16H24N2OS. The Hall–Kier alpha value is -1.00. The fourth-order valence-corrected chi connectivity index (χ4v) is 3.22. The Morgan fingerprint density at radius 1 is 1.35 bits per heavy atom. The number of rotatable bonds is 7. The number of carbonyl (C=O) groups is 1. The molecule has 0 heterocycles. The average Bonchev–Trinajstić information content (AvgIpc) is 3.27. The highest BCUT2D eigenvalue weighted by Gasteiger charge is 2.30. The van der Waals surface area contributed by atoms with E-state index in [4.69, 9.17) is 5.73 Å². The highest BCUT2D eigenvalue weighted by Crippen LogP contribution is 2.31. The molecule has 0 aromatic heterocycles. The lowest BCUT2D eigenvalue weighted by molar-refractivity contribution is -0.121. The summed E-state index contributed by atoms with van der Waals surface area (Å²) in [5.41, 5.74) is 6.03. The lowest BCUT2D eigenvalue weighted by atomic mass is 10.1. The Morgan fingerprint density at radius 3 is 2.55 bits per heavy atom. The van der Waals surface area contributed by atoms with E-state index in [0.29, 0.717) is 12.5 Å². The molecule has 110 valence electrons. The third kappa shape index (κ3) is 4.53. The Labute approximate surface area is 125 Å². The van der Waals surface area contributed by atoms with Gasteiger partial charge >= 0.3 is 0 Å². The van der Waals surface area contributed by atoms with Crippen molar-refractivity contribution in [2.24, 2.45) is 17.6 Å². The van der Waals surface area contributed by atoms with Crippen molar-refractivity contribution in [3.63, 3.8) is 0 Å². The van der Waals surface area contributed by atoms with Crippen LogP contribution in [0.25, 0.3) is 0 Å². The van der Waals surface area contributed by atoms with Crippen LogP contribution in [-0.2, 0) is 4.79 Å². The van der Waals surface area contributed by atoms with Gasteiger partial charge in [0.25, 0.3) is 0 Å². The number of carbonyl (C=O) groups excluding carboxylic acids is 1. The minimum Gasteiger partial charge on any atom is -0.354 e. The predicted molar refractivity (Wildman–Crippen MR) is 84.6 cm³/mol. The summed E-state index contributed by atoms with van der Waals surface area (Å²) in [5, 5.41) is 2.95. The van der Waals surface area contributed by atoms with Gasteiger partial charge in [0.2, 0.25) is 5.91 Å². The minimum absolute atomic E-state index is 0.0659. The quantitative estimate of drug-likeness (QED) is 0.760. The van der Waals surface area contributed by atoms with Gasteiger partial charge in [0, 0.05) is 17.5 Å². The van der Waals surface area contributed by atoms with Crippen LogP contribution in [0.5, 0.6) is 0 Å². The minimum atomic E-state index is -0.0659. The van der Waals surface area contributed by atoms with Crippen LogP contribution in [0.1, 0.15) is 26.7 Å². The van der Waals surface area contributed by atoms with Crippen LogP contribution in [0.4, 0.5) is 0 Å². The molecule has 1 saturated carbocycles. The molecule has 3 nitrogen and oxygen atoms in total. The highest BCUT2D eigenvalue weighted by molar-refractivity contribution is 8.00. The maximum atomic E-state index is 12.3. The van der Waals surface area contributed by atoms with Gasteiger partial charge in [-0.1, -0.05) is 32.0 Å². The number of nitrogens with one attached hydrogen (secondary N) is 1. The molecule has 0 bridgehead atoms. The van der Waals surface area contributed by atoms with E-state index in [-0.39, 0.29) is 23.1 Å². The molecule has 1 amide bonds. The third-order valence-electron chi connectivity index (χ3n) is 3.61. The van der Waals surface area contributed by atoms with Crippen molar-refractivity contribution < 1.29 is 4.79 Å². The summed E-state index contributed by atoms with van der Waals surface area (Å²) in [4.78, 5) is 13.5. The number of amides is 1. The van der Waals surface area contributed by atoms with Gasteiger partial charge in [0.1, 0.15) is 0 Å². The maximum Gasteiger partial charge on any atom is 0.233 e. The Bertz CT molecular complexity index is 431. The summed E-state index contributed by atoms with van der Waals surface area (Å²) < 4.78 is 0. The van der Waals surface area contributed by atoms with Crippen LogP contribution >= 0.6 is 11.8 Å². The normalized spacial score (nSPS) is 17.8. The first-order valence-corrected chi connectivity index (χ1v) is 8.21. The second kappa shape index (κ2) is 7.14. The van der Waals surface area contributed by atoms with Gasteiger partial charge in [-0.05, 0) is 36.8 Å². The van der Waals surface area contributed by atoms with E-state index in [2.05, 4.69) is 19.2 Å². The SMILES string of the molecule is CC(C)C(Sc1ccccc1)C(=O)NCC(N)C1CC1. The number of nitrogens with two attached hydrogens (primary N) is 1. The molecule has 0 radical (unpaired) electrons. The van der Waals surface area contributed by atoms with Crippen molar-refractivity contribution in [2.75, 3.05) is 6.54 Å². The molecule has 2 atom stereocenters. The molecule has 0 spiro atoms. The van der Waals surface area contributed by atoms with Crippen LogP contribution in [0, 0.1) is 11.8 Å². The number of thioether (sulfide) groups is 1. The van der Waals surface area contributed by atoms with Crippen LogP contribution in [0.2, 0.25) is 0 Å². The van der Waals surface area contributed by atoms with E-state index in [1.807, 2.05) is 30.3 Å². The van der Waals surface area contributed by atoms with E-state index in [0.717, 1.165) is 4.90 Å². The summed E-state index contributed by atoms with van der Waals surface area (Å²) in [6.45, 7) is 4.77. The second-order valence-electron chi connectivity index (χ2n) is 5.84. The van der Waals surface area contributed by atoms with Gasteiger partial charge in [0.05, 0.1) is 5.25 Å². The van der Waals surface area contributed by atoms with Gasteiger partial charge in [-0.15, -0.1) is 11.8 Å². The lowest BCUT2D eigenvalue weighted by Crippen LogP contribution is -2.43. The van der Waals surface area contributed by atoms with Crippen molar-refractivity contribution in [1.29, 1.82) is 0 Å². The van der Waals surface area contributed by atoms with Crippen molar-refractivity contribution in [2.45, 2.75) is 42.9 Å². The van der Waals surface area contributed by atoms with E-state index in [1.54, 1.807) is 11.8 Å². The fraction of sp³-hybridized carbons (Fsp3) is 0.562. The first-order valence-electron chi connectivity index (χ1n) is 7.33. The molecule has 1 aliphatic carbocycles. The second-order valence-corrected chi connectivity index (χ2v) is 7.06. The van der Waals surface area contributed by atoms with Gasteiger partial charge in [0.15, 0.2) is 0 Å². The first-order chi connectivity index (χ1) is 9.58. The zero-order chi connectivity index (χ0) is 14.5. The van der Waals surface area contributed by atoms with Crippen LogP contribution in [0.15, 0.2) is 35.2 Å². The van der Waals surface area contributed by atoms with Crippen LogP contribution in [0.3, 0.4) is 0 Å². The molecule has 2 unspecified atom stereocenters. The van der Waals surface area contributed by atoms with E-state index < -0.39 is 0 Å². The van der Waals surface area contributed by atoms with Gasteiger partial charge in [-0.25, -0.2) is 0 Å². The molecule has 4 heteroatoms. The molecule has 3 N–H and O–H groups in total. The van der Waals surface area contributed by atoms with E-state index in [9.17, 15) is 4.79 Å². The summed E-state index contributed by atoms with van der Waals surface area (Å²) in [5.74, 6) is 1.01. The van der Waals surface area contributed by atoms with Crippen LogP contribution in [-0.4, -0.2) is 23.7 Å². The average molecular weight is 292 g/mol. The zero-order valence-electron chi connectivity index (χ0n) is 12.2. The monoisotopic (exact) mass is 292 g/mol. The molecule has 1 fully saturated rings. The summed E-state index contributed by atoms with van der Waals surface area (Å²) >= 11 is 1.63. The molecule has 0 saturated heterocycles. The summed E-state index contributed by atoms with van der Waals surface area (Å²) in [7, 11) is 0. The zero-order valence-corrected chi connectivity index (χ0v) is 13.0. The number of benzene rings is 1. The molecule has 1 aromatic rings. The van der Waals surface area contributed by atoms with Crippen molar-refractivity contribution in [3.05, 3.63) is 30.3 Å². The molecule has 0 aliphatic heterocycles. The first kappa shape index (κ1) is 15.4. The van der Waals surface area contributed by atoms with E-state index in [1.165, 1.54) is 12.8 Å². The smallest absolute Gasteiger partial charge is 0.233 e. The molecule has 20 heavy (non-hydrogen) atoms. The Morgan fingerprint density at radius 2 is 2.00 bits per heavy atom. The van der Waals surface area contributed by atoms with Crippen molar-refractivity contribution >= 4 is 17.7 Å². The highest BCUT2D eigenvalue weighted by atomic mass is 32.2. The number of hydrogen-bond donors (Lipinski definition) is 2. The number of hydrogen-bond acceptors (Lipinski definition) is 3. The summed E-state index contributed by atoms with van der Waals surface area (Å²) in [6.07, 6.45) is 2.42. The fourth-order valence-electron chi connectivity index (χ4n) is 2.15. The van der Waals surface area contributed by atoms with E-state index >= 15 is 0 Å². The van der Waals surface area contributed by atoms with Crippen LogP contribution < -0.4 is 11.1 Å². The molecule has 1 aliphatic rings. The van der Waals surface area contributed by atoms with Crippen molar-refractivity contribution in [1.82, 2.24) is 5.32 Å². The Kier molecular flexibility index (Phi) is 5.49. The third-order valence-corrected chi connectivity index (χ3v) is 5.17. The Balaban J connectivity index is 1.88. The molecular weight excluding hydrogens is 268 g/mol. The summed E-state index contributed by atoms with van der Waals surface area (Å²) in [6, 6.07) is 10.2.